The summed E-state index contributed by atoms with van der Waals surface area (Å²) in [6.07, 6.45) is 3.45. The lowest BCUT2D eigenvalue weighted by Crippen LogP contribution is -2.10. The van der Waals surface area contributed by atoms with Gasteiger partial charge in [-0.3, -0.25) is 0 Å². The van der Waals surface area contributed by atoms with E-state index in [1.807, 2.05) is 60.7 Å². The minimum Gasteiger partial charge on any atom is -0.354 e. The first-order valence-corrected chi connectivity index (χ1v) is 8.97. The molecule has 1 aromatic heterocycles. The van der Waals surface area contributed by atoms with Crippen LogP contribution in [0.1, 0.15) is 26.2 Å². The van der Waals surface area contributed by atoms with E-state index in [1.54, 1.807) is 0 Å². The molecule has 6 nitrogen and oxygen atoms in total. The van der Waals surface area contributed by atoms with Gasteiger partial charge in [0.2, 0.25) is 17.8 Å². The topological polar surface area (TPSA) is 74.8 Å². The molecule has 0 amide bonds. The van der Waals surface area contributed by atoms with E-state index >= 15 is 0 Å². The Morgan fingerprint density at radius 1 is 0.654 bits per heavy atom. The van der Waals surface area contributed by atoms with Gasteiger partial charge in [0.25, 0.3) is 0 Å². The van der Waals surface area contributed by atoms with E-state index in [4.69, 9.17) is 0 Å². The van der Waals surface area contributed by atoms with Crippen molar-refractivity contribution in [3.05, 3.63) is 60.7 Å². The monoisotopic (exact) mass is 348 g/mol. The summed E-state index contributed by atoms with van der Waals surface area (Å²) in [5.41, 5.74) is 1.86. The van der Waals surface area contributed by atoms with Crippen LogP contribution < -0.4 is 16.0 Å². The van der Waals surface area contributed by atoms with Crippen LogP contribution in [0.4, 0.5) is 29.2 Å². The number of unbranched alkanes of at least 4 members (excludes halogenated alkanes) is 2. The molecule has 3 N–H and O–H groups in total. The van der Waals surface area contributed by atoms with E-state index in [1.165, 1.54) is 12.8 Å². The molecule has 3 aromatic rings. The minimum absolute atomic E-state index is 0.502. The Bertz CT molecular complexity index is 732. The Morgan fingerprint density at radius 3 is 1.65 bits per heavy atom. The van der Waals surface area contributed by atoms with Crippen LogP contribution in [0.25, 0.3) is 0 Å². The normalized spacial score (nSPS) is 10.3. The van der Waals surface area contributed by atoms with E-state index in [0.717, 1.165) is 24.3 Å². The average molecular weight is 348 g/mol. The number of nitrogens with zero attached hydrogens (tertiary/aromatic N) is 3. The Balaban J connectivity index is 1.78. The van der Waals surface area contributed by atoms with Gasteiger partial charge >= 0.3 is 0 Å². The summed E-state index contributed by atoms with van der Waals surface area (Å²) in [6, 6.07) is 19.7. The van der Waals surface area contributed by atoms with Gasteiger partial charge in [0.15, 0.2) is 0 Å². The molecule has 26 heavy (non-hydrogen) atoms. The molecule has 0 unspecified atom stereocenters. The molecule has 0 aliphatic carbocycles. The van der Waals surface area contributed by atoms with Crippen LogP contribution in [-0.2, 0) is 0 Å². The van der Waals surface area contributed by atoms with Crippen LogP contribution in [0, 0.1) is 0 Å². The largest absolute Gasteiger partial charge is 0.354 e. The highest BCUT2D eigenvalue weighted by atomic mass is 15.3. The van der Waals surface area contributed by atoms with Gasteiger partial charge in [0.05, 0.1) is 0 Å². The number of nitrogens with one attached hydrogen (secondary N) is 3. The Hall–Kier alpha value is -3.15. The van der Waals surface area contributed by atoms with Crippen molar-refractivity contribution in [1.82, 2.24) is 15.0 Å². The van der Waals surface area contributed by atoms with Crippen LogP contribution >= 0.6 is 0 Å². The molecule has 0 aliphatic heterocycles. The van der Waals surface area contributed by atoms with Crippen molar-refractivity contribution in [2.75, 3.05) is 22.5 Å². The predicted octanol–water partition coefficient (Wildman–Crippen LogP) is 4.96. The van der Waals surface area contributed by atoms with E-state index in [9.17, 15) is 0 Å². The number of rotatable bonds is 9. The van der Waals surface area contributed by atoms with Gasteiger partial charge in [-0.25, -0.2) is 0 Å². The Morgan fingerprint density at radius 2 is 1.15 bits per heavy atom. The number of aromatic nitrogens is 3. The van der Waals surface area contributed by atoms with Crippen molar-refractivity contribution in [3.63, 3.8) is 0 Å². The summed E-state index contributed by atoms with van der Waals surface area (Å²) in [7, 11) is 0. The molecule has 0 aliphatic rings. The van der Waals surface area contributed by atoms with Crippen LogP contribution in [-0.4, -0.2) is 21.5 Å². The van der Waals surface area contributed by atoms with Gasteiger partial charge in [-0.15, -0.1) is 0 Å². The molecule has 0 saturated carbocycles. The third-order valence-corrected chi connectivity index (χ3v) is 3.76. The summed E-state index contributed by atoms with van der Waals surface area (Å²) in [6.45, 7) is 3.03. The first-order chi connectivity index (χ1) is 12.8. The van der Waals surface area contributed by atoms with E-state index in [-0.39, 0.29) is 0 Å². The summed E-state index contributed by atoms with van der Waals surface area (Å²) in [4.78, 5) is 13.5. The summed E-state index contributed by atoms with van der Waals surface area (Å²) in [5.74, 6) is 1.57. The molecule has 3 rings (SSSR count). The van der Waals surface area contributed by atoms with Crippen molar-refractivity contribution in [3.8, 4) is 0 Å². The highest BCUT2D eigenvalue weighted by molar-refractivity contribution is 5.58. The van der Waals surface area contributed by atoms with Crippen LogP contribution in [0.5, 0.6) is 0 Å². The van der Waals surface area contributed by atoms with Crippen molar-refractivity contribution in [1.29, 1.82) is 0 Å². The zero-order valence-electron chi connectivity index (χ0n) is 14.9. The van der Waals surface area contributed by atoms with E-state index in [2.05, 4.69) is 37.8 Å². The quantitative estimate of drug-likeness (QED) is 0.475. The molecule has 0 atom stereocenters. The van der Waals surface area contributed by atoms with Gasteiger partial charge in [0, 0.05) is 17.9 Å². The lowest BCUT2D eigenvalue weighted by atomic mass is 10.2. The van der Waals surface area contributed by atoms with Crippen molar-refractivity contribution >= 4 is 29.2 Å². The molecule has 6 heteroatoms. The molecular formula is C20H24N6. The lowest BCUT2D eigenvalue weighted by Gasteiger charge is -2.11. The highest BCUT2D eigenvalue weighted by Gasteiger charge is 2.07. The molecule has 2 aromatic carbocycles. The highest BCUT2D eigenvalue weighted by Crippen LogP contribution is 2.18. The number of benzene rings is 2. The smallest absolute Gasteiger partial charge is 0.233 e. The molecule has 0 spiro atoms. The molecule has 0 saturated heterocycles. The van der Waals surface area contributed by atoms with Gasteiger partial charge < -0.3 is 16.0 Å². The van der Waals surface area contributed by atoms with Crippen LogP contribution in [0.3, 0.4) is 0 Å². The molecule has 134 valence electrons. The van der Waals surface area contributed by atoms with Crippen molar-refractivity contribution in [2.45, 2.75) is 26.2 Å². The summed E-state index contributed by atoms with van der Waals surface area (Å²) >= 11 is 0. The summed E-state index contributed by atoms with van der Waals surface area (Å²) in [5, 5.41) is 9.75. The maximum atomic E-state index is 4.48. The van der Waals surface area contributed by atoms with Gasteiger partial charge in [0.1, 0.15) is 0 Å². The third-order valence-electron chi connectivity index (χ3n) is 3.76. The van der Waals surface area contributed by atoms with Gasteiger partial charge in [-0.2, -0.15) is 15.0 Å². The second-order valence-corrected chi connectivity index (χ2v) is 5.92. The molecular weight excluding hydrogens is 324 g/mol. The zero-order valence-corrected chi connectivity index (χ0v) is 14.9. The number of anilines is 5. The third kappa shape index (κ3) is 5.44. The maximum Gasteiger partial charge on any atom is 0.233 e. The summed E-state index contributed by atoms with van der Waals surface area (Å²) < 4.78 is 0. The molecule has 0 bridgehead atoms. The number of hydrogen-bond acceptors (Lipinski definition) is 6. The number of para-hydroxylation sites is 2. The van der Waals surface area contributed by atoms with Crippen molar-refractivity contribution in [2.24, 2.45) is 0 Å². The van der Waals surface area contributed by atoms with E-state index < -0.39 is 0 Å². The Kier molecular flexibility index (Phi) is 6.36. The molecule has 1 heterocycles. The fraction of sp³-hybridized carbons (Fsp3) is 0.250. The fourth-order valence-corrected chi connectivity index (χ4v) is 2.44. The first kappa shape index (κ1) is 17.7. The minimum atomic E-state index is 0.502. The average Bonchev–Trinajstić information content (AvgIpc) is 2.67. The predicted molar refractivity (Wildman–Crippen MR) is 107 cm³/mol. The second kappa shape index (κ2) is 9.36. The van der Waals surface area contributed by atoms with E-state index in [0.29, 0.717) is 17.8 Å². The van der Waals surface area contributed by atoms with Gasteiger partial charge in [-0.1, -0.05) is 56.2 Å². The van der Waals surface area contributed by atoms with Crippen LogP contribution in [0.15, 0.2) is 60.7 Å². The van der Waals surface area contributed by atoms with Crippen molar-refractivity contribution < 1.29 is 0 Å². The molecule has 0 radical (unpaired) electrons. The SMILES string of the molecule is CCCCCNc1nc(Nc2ccccc2)nc(Nc2ccccc2)n1. The zero-order chi connectivity index (χ0) is 18.0. The maximum absolute atomic E-state index is 4.48. The fourth-order valence-electron chi connectivity index (χ4n) is 2.44. The standard InChI is InChI=1S/C20H24N6/c1-2-3-10-15-21-18-24-19(22-16-11-6-4-7-12-16)26-20(25-18)23-17-13-8-5-9-14-17/h4-9,11-14H,2-3,10,15H2,1H3,(H3,21,22,23,24,25,26). The van der Waals surface area contributed by atoms with Crippen LogP contribution in [0.2, 0.25) is 0 Å². The lowest BCUT2D eigenvalue weighted by molar-refractivity contribution is 0.740. The Labute approximate surface area is 154 Å². The number of hydrogen-bond donors (Lipinski definition) is 3. The van der Waals surface area contributed by atoms with Gasteiger partial charge in [-0.05, 0) is 30.7 Å². The first-order valence-electron chi connectivity index (χ1n) is 8.97. The second-order valence-electron chi connectivity index (χ2n) is 5.92. The molecule has 0 fully saturated rings.